The van der Waals surface area contributed by atoms with Crippen LogP contribution in [0.15, 0.2) is 23.1 Å². The number of benzene rings is 1. The van der Waals surface area contributed by atoms with Crippen molar-refractivity contribution in [2.45, 2.75) is 24.8 Å². The van der Waals surface area contributed by atoms with Gasteiger partial charge < -0.3 is 15.8 Å². The van der Waals surface area contributed by atoms with Gasteiger partial charge in [-0.1, -0.05) is 13.8 Å². The summed E-state index contributed by atoms with van der Waals surface area (Å²) in [4.78, 5) is 0.212. The number of rotatable bonds is 5. The van der Waals surface area contributed by atoms with Crippen molar-refractivity contribution in [3.05, 3.63) is 18.2 Å². The second-order valence-electron chi connectivity index (χ2n) is 5.13. The first-order valence-corrected chi connectivity index (χ1v) is 8.16. The number of ether oxygens (including phenoxy) is 1. The van der Waals surface area contributed by atoms with E-state index < -0.39 is 10.0 Å². The highest BCUT2D eigenvalue weighted by molar-refractivity contribution is 7.89. The van der Waals surface area contributed by atoms with Crippen LogP contribution in [0.5, 0.6) is 5.75 Å². The van der Waals surface area contributed by atoms with E-state index in [1.165, 1.54) is 0 Å². The van der Waals surface area contributed by atoms with Crippen molar-refractivity contribution >= 4 is 15.7 Å². The third-order valence-corrected chi connectivity index (χ3v) is 4.67. The van der Waals surface area contributed by atoms with Gasteiger partial charge in [-0.05, 0) is 24.1 Å². The summed E-state index contributed by atoms with van der Waals surface area (Å²) in [6, 6.07) is 4.82. The number of sulfonamides is 1. The number of anilines is 1. The average Bonchev–Trinajstić information content (AvgIpc) is 2.44. The third kappa shape index (κ3) is 3.23. The Hall–Kier alpha value is -1.31. The molecule has 112 valence electrons. The molecule has 1 heterocycles. The lowest BCUT2D eigenvalue weighted by Gasteiger charge is -2.30. The Labute approximate surface area is 119 Å². The zero-order valence-electron chi connectivity index (χ0n) is 11.7. The summed E-state index contributed by atoms with van der Waals surface area (Å²) in [5, 5.41) is 3.22. The van der Waals surface area contributed by atoms with E-state index in [1.807, 2.05) is 0 Å². The van der Waals surface area contributed by atoms with Crippen molar-refractivity contribution in [3.63, 3.8) is 0 Å². The summed E-state index contributed by atoms with van der Waals surface area (Å²) in [6.07, 6.45) is 0.0975. The Bertz CT molecular complexity index is 572. The molecular weight excluding hydrogens is 278 g/mol. The fourth-order valence-corrected chi connectivity index (χ4v) is 3.05. The Kier molecular flexibility index (Phi) is 4.52. The molecule has 1 aliphatic rings. The number of nitrogens with two attached hydrogens (primary N) is 1. The van der Waals surface area contributed by atoms with Crippen molar-refractivity contribution in [3.8, 4) is 5.75 Å². The molecule has 1 aliphatic heterocycles. The SMILES string of the molecule is CC(C)C1CNc2cc(S(=O)(=O)NCCN)ccc2O1. The minimum absolute atomic E-state index is 0.0975. The molecule has 1 aromatic rings. The lowest BCUT2D eigenvalue weighted by atomic mass is 10.1. The number of hydrogen-bond donors (Lipinski definition) is 3. The van der Waals surface area contributed by atoms with Crippen LogP contribution in [0.4, 0.5) is 5.69 Å². The van der Waals surface area contributed by atoms with E-state index in [1.54, 1.807) is 18.2 Å². The molecule has 0 radical (unpaired) electrons. The van der Waals surface area contributed by atoms with Crippen molar-refractivity contribution in [2.24, 2.45) is 11.7 Å². The topological polar surface area (TPSA) is 93.5 Å². The first-order chi connectivity index (χ1) is 9.44. The second-order valence-corrected chi connectivity index (χ2v) is 6.89. The monoisotopic (exact) mass is 299 g/mol. The molecule has 1 unspecified atom stereocenters. The molecule has 0 saturated carbocycles. The van der Waals surface area contributed by atoms with Crippen molar-refractivity contribution < 1.29 is 13.2 Å². The fourth-order valence-electron chi connectivity index (χ4n) is 1.98. The Morgan fingerprint density at radius 1 is 1.50 bits per heavy atom. The minimum atomic E-state index is -3.51. The third-order valence-electron chi connectivity index (χ3n) is 3.21. The number of nitrogens with one attached hydrogen (secondary N) is 2. The fraction of sp³-hybridized carbons (Fsp3) is 0.538. The molecule has 0 amide bonds. The molecule has 2 rings (SSSR count). The molecule has 0 bridgehead atoms. The Morgan fingerprint density at radius 3 is 2.90 bits per heavy atom. The standard InChI is InChI=1S/C13H21N3O3S/c1-9(2)13-8-15-11-7-10(3-4-12(11)19-13)20(17,18)16-6-5-14/h3-4,7,9,13,15-16H,5-6,8,14H2,1-2H3. The van der Waals surface area contributed by atoms with Gasteiger partial charge in [0.05, 0.1) is 17.1 Å². The van der Waals surface area contributed by atoms with Crippen LogP contribution in [0.1, 0.15) is 13.8 Å². The maximum absolute atomic E-state index is 12.0. The molecule has 0 fully saturated rings. The van der Waals surface area contributed by atoms with Crippen LogP contribution in [0.3, 0.4) is 0 Å². The van der Waals surface area contributed by atoms with Crippen LogP contribution in [-0.4, -0.2) is 34.2 Å². The van der Waals surface area contributed by atoms with Crippen LogP contribution >= 0.6 is 0 Å². The van der Waals surface area contributed by atoms with Crippen molar-refractivity contribution in [1.82, 2.24) is 4.72 Å². The van der Waals surface area contributed by atoms with Crippen LogP contribution < -0.4 is 20.5 Å². The van der Waals surface area contributed by atoms with Gasteiger partial charge in [-0.3, -0.25) is 0 Å². The molecule has 0 spiro atoms. The van der Waals surface area contributed by atoms with Gasteiger partial charge >= 0.3 is 0 Å². The normalized spacial score (nSPS) is 18.3. The Balaban J connectivity index is 2.22. The average molecular weight is 299 g/mol. The van der Waals surface area contributed by atoms with Gasteiger partial charge in [0.2, 0.25) is 10.0 Å². The van der Waals surface area contributed by atoms with E-state index in [0.29, 0.717) is 23.9 Å². The van der Waals surface area contributed by atoms with Gasteiger partial charge in [0.15, 0.2) is 0 Å². The van der Waals surface area contributed by atoms with E-state index in [9.17, 15) is 8.42 Å². The molecular formula is C13H21N3O3S. The van der Waals surface area contributed by atoms with Gasteiger partial charge in [-0.25, -0.2) is 13.1 Å². The summed E-state index contributed by atoms with van der Waals surface area (Å²) >= 11 is 0. The van der Waals surface area contributed by atoms with Gasteiger partial charge in [-0.15, -0.1) is 0 Å². The lowest BCUT2D eigenvalue weighted by molar-refractivity contribution is 0.156. The van der Waals surface area contributed by atoms with Gasteiger partial charge in [-0.2, -0.15) is 0 Å². The van der Waals surface area contributed by atoms with Gasteiger partial charge in [0, 0.05) is 13.1 Å². The maximum atomic E-state index is 12.0. The molecule has 0 aliphatic carbocycles. The minimum Gasteiger partial charge on any atom is -0.486 e. The largest absolute Gasteiger partial charge is 0.486 e. The summed E-state index contributed by atoms with van der Waals surface area (Å²) in [7, 11) is -3.51. The van der Waals surface area contributed by atoms with Crippen LogP contribution in [0.2, 0.25) is 0 Å². The van der Waals surface area contributed by atoms with Crippen molar-refractivity contribution in [1.29, 1.82) is 0 Å². The highest BCUT2D eigenvalue weighted by atomic mass is 32.2. The molecule has 20 heavy (non-hydrogen) atoms. The van der Waals surface area contributed by atoms with Crippen LogP contribution in [-0.2, 0) is 10.0 Å². The molecule has 6 nitrogen and oxygen atoms in total. The smallest absolute Gasteiger partial charge is 0.240 e. The van der Waals surface area contributed by atoms with E-state index in [2.05, 4.69) is 23.9 Å². The number of hydrogen-bond acceptors (Lipinski definition) is 5. The molecule has 4 N–H and O–H groups in total. The molecule has 0 saturated heterocycles. The van der Waals surface area contributed by atoms with Crippen molar-refractivity contribution in [2.75, 3.05) is 25.0 Å². The zero-order valence-corrected chi connectivity index (χ0v) is 12.5. The summed E-state index contributed by atoms with van der Waals surface area (Å²) in [5.74, 6) is 1.08. The van der Waals surface area contributed by atoms with E-state index >= 15 is 0 Å². The van der Waals surface area contributed by atoms with Gasteiger partial charge in [0.25, 0.3) is 0 Å². The molecule has 7 heteroatoms. The maximum Gasteiger partial charge on any atom is 0.240 e. The predicted octanol–water partition coefficient (Wildman–Crippen LogP) is 0.753. The lowest BCUT2D eigenvalue weighted by Crippen LogP contribution is -2.35. The summed E-state index contributed by atoms with van der Waals surface area (Å²) in [5.41, 5.74) is 6.01. The number of fused-ring (bicyclic) bond motifs is 1. The highest BCUT2D eigenvalue weighted by Gasteiger charge is 2.24. The predicted molar refractivity (Wildman–Crippen MR) is 78.4 cm³/mol. The molecule has 1 aromatic carbocycles. The van der Waals surface area contributed by atoms with E-state index in [-0.39, 0.29) is 24.1 Å². The van der Waals surface area contributed by atoms with E-state index in [0.717, 1.165) is 0 Å². The quantitative estimate of drug-likeness (QED) is 0.746. The van der Waals surface area contributed by atoms with Gasteiger partial charge in [0.1, 0.15) is 11.9 Å². The van der Waals surface area contributed by atoms with E-state index in [4.69, 9.17) is 10.5 Å². The molecule has 1 atom stereocenters. The zero-order chi connectivity index (χ0) is 14.8. The first kappa shape index (κ1) is 15.1. The Morgan fingerprint density at radius 2 is 2.25 bits per heavy atom. The first-order valence-electron chi connectivity index (χ1n) is 6.68. The summed E-state index contributed by atoms with van der Waals surface area (Å²) in [6.45, 7) is 5.34. The second kappa shape index (κ2) is 5.99. The van der Waals surface area contributed by atoms with Crippen LogP contribution in [0.25, 0.3) is 0 Å². The molecule has 0 aromatic heterocycles. The van der Waals surface area contributed by atoms with Crippen LogP contribution in [0, 0.1) is 5.92 Å². The highest BCUT2D eigenvalue weighted by Crippen LogP contribution is 2.32. The summed E-state index contributed by atoms with van der Waals surface area (Å²) < 4.78 is 32.3.